The van der Waals surface area contributed by atoms with E-state index in [1.165, 1.54) is 13.2 Å². The highest BCUT2D eigenvalue weighted by Gasteiger charge is 2.11. The molecule has 0 N–H and O–H groups in total. The van der Waals surface area contributed by atoms with E-state index in [4.69, 9.17) is 4.74 Å². The molecule has 4 nitrogen and oxygen atoms in total. The Kier molecular flexibility index (Phi) is 3.93. The monoisotopic (exact) mass is 255 g/mol. The second kappa shape index (κ2) is 5.82. The largest absolute Gasteiger partial charge is 0.497 e. The molecule has 0 unspecified atom stereocenters. The second-order valence-corrected chi connectivity index (χ2v) is 3.93. The first kappa shape index (κ1) is 12.8. The number of nitrogens with zero attached hydrogens (tertiary/aromatic N) is 1. The fourth-order valence-corrected chi connectivity index (χ4v) is 1.71. The fraction of sp³-hybridized carbons (Fsp3) is 0.0667. The van der Waals surface area contributed by atoms with Crippen molar-refractivity contribution in [2.45, 2.75) is 0 Å². The third kappa shape index (κ3) is 3.19. The topological polar surface area (TPSA) is 52.4 Å². The molecule has 0 aromatic heterocycles. The van der Waals surface area contributed by atoms with Crippen LogP contribution >= 0.6 is 0 Å². The Balaban J connectivity index is 2.37. The van der Waals surface area contributed by atoms with Crippen LogP contribution < -0.4 is 4.74 Å². The van der Waals surface area contributed by atoms with Crippen LogP contribution in [0.1, 0.15) is 11.1 Å². The van der Waals surface area contributed by atoms with Crippen LogP contribution in [0.25, 0.3) is 12.2 Å². The number of methoxy groups -OCH3 is 1. The summed E-state index contributed by atoms with van der Waals surface area (Å²) in [6, 6.07) is 14.3. The first-order valence-corrected chi connectivity index (χ1v) is 5.76. The van der Waals surface area contributed by atoms with E-state index in [0.29, 0.717) is 11.3 Å². The van der Waals surface area contributed by atoms with Gasteiger partial charge in [0.2, 0.25) is 0 Å². The van der Waals surface area contributed by atoms with Gasteiger partial charge in [0.25, 0.3) is 5.69 Å². The lowest BCUT2D eigenvalue weighted by atomic mass is 10.1. The second-order valence-electron chi connectivity index (χ2n) is 3.93. The normalized spacial score (nSPS) is 10.6. The van der Waals surface area contributed by atoms with E-state index in [1.807, 2.05) is 36.4 Å². The molecular formula is C15H13NO3. The predicted octanol–water partition coefficient (Wildman–Crippen LogP) is 3.77. The number of benzene rings is 2. The van der Waals surface area contributed by atoms with Gasteiger partial charge >= 0.3 is 0 Å². The number of nitro groups is 1. The molecule has 0 amide bonds. The van der Waals surface area contributed by atoms with Crippen LogP contribution in [0.15, 0.2) is 48.5 Å². The molecule has 0 aliphatic carbocycles. The molecule has 4 heteroatoms. The van der Waals surface area contributed by atoms with Gasteiger partial charge in [-0.3, -0.25) is 10.1 Å². The van der Waals surface area contributed by atoms with Gasteiger partial charge in [0.05, 0.1) is 17.6 Å². The minimum atomic E-state index is -0.399. The Morgan fingerprint density at radius 2 is 1.84 bits per heavy atom. The lowest BCUT2D eigenvalue weighted by Gasteiger charge is -2.02. The van der Waals surface area contributed by atoms with Gasteiger partial charge in [-0.05, 0) is 23.8 Å². The molecule has 0 aliphatic heterocycles. The van der Waals surface area contributed by atoms with Gasteiger partial charge in [0, 0.05) is 6.07 Å². The average molecular weight is 255 g/mol. The molecule has 2 aromatic carbocycles. The molecule has 0 radical (unpaired) electrons. The van der Waals surface area contributed by atoms with Crippen LogP contribution in [0.4, 0.5) is 5.69 Å². The maximum atomic E-state index is 11.0. The minimum Gasteiger partial charge on any atom is -0.497 e. The summed E-state index contributed by atoms with van der Waals surface area (Å²) in [6.07, 6.45) is 3.55. The summed E-state index contributed by atoms with van der Waals surface area (Å²) in [7, 11) is 1.53. The summed E-state index contributed by atoms with van der Waals surface area (Å²) in [5.41, 5.74) is 1.57. The van der Waals surface area contributed by atoms with Crippen molar-refractivity contribution in [2.75, 3.05) is 7.11 Å². The van der Waals surface area contributed by atoms with Gasteiger partial charge in [0.1, 0.15) is 5.75 Å². The summed E-state index contributed by atoms with van der Waals surface area (Å²) in [5, 5.41) is 11.0. The quantitative estimate of drug-likeness (QED) is 0.474. The van der Waals surface area contributed by atoms with E-state index in [9.17, 15) is 10.1 Å². The lowest BCUT2D eigenvalue weighted by molar-refractivity contribution is -0.385. The molecule has 0 aliphatic rings. The molecule has 2 aromatic rings. The SMILES string of the molecule is COc1ccc([N+](=O)[O-])c(C=Cc2ccccc2)c1. The summed E-state index contributed by atoms with van der Waals surface area (Å²) in [4.78, 5) is 10.6. The molecule has 0 saturated carbocycles. The number of ether oxygens (including phenoxy) is 1. The van der Waals surface area contributed by atoms with Crippen LogP contribution in [0, 0.1) is 10.1 Å². The zero-order valence-electron chi connectivity index (χ0n) is 10.4. The Bertz CT molecular complexity index is 606. The smallest absolute Gasteiger partial charge is 0.276 e. The maximum Gasteiger partial charge on any atom is 0.276 e. The summed E-state index contributed by atoms with van der Waals surface area (Å²) in [5.74, 6) is 0.596. The number of rotatable bonds is 4. The van der Waals surface area contributed by atoms with Gasteiger partial charge < -0.3 is 4.74 Å². The molecule has 0 fully saturated rings. The van der Waals surface area contributed by atoms with Crippen molar-refractivity contribution >= 4 is 17.8 Å². The molecule has 0 bridgehead atoms. The van der Waals surface area contributed by atoms with E-state index in [0.717, 1.165) is 5.56 Å². The Morgan fingerprint density at radius 1 is 1.11 bits per heavy atom. The highest BCUT2D eigenvalue weighted by atomic mass is 16.6. The molecule has 96 valence electrons. The third-order valence-electron chi connectivity index (χ3n) is 2.69. The summed E-state index contributed by atoms with van der Waals surface area (Å²) < 4.78 is 5.09. The van der Waals surface area contributed by atoms with E-state index in [2.05, 4.69) is 0 Å². The van der Waals surface area contributed by atoms with Crippen molar-refractivity contribution in [3.8, 4) is 5.75 Å². The average Bonchev–Trinajstić information content (AvgIpc) is 2.45. The maximum absolute atomic E-state index is 11.0. The van der Waals surface area contributed by atoms with Crippen molar-refractivity contribution in [3.63, 3.8) is 0 Å². The Labute approximate surface area is 111 Å². The van der Waals surface area contributed by atoms with Crippen molar-refractivity contribution < 1.29 is 9.66 Å². The molecule has 0 saturated heterocycles. The minimum absolute atomic E-state index is 0.0629. The molecular weight excluding hydrogens is 242 g/mol. The molecule has 0 heterocycles. The van der Waals surface area contributed by atoms with Crippen LogP contribution in [-0.2, 0) is 0 Å². The predicted molar refractivity (Wildman–Crippen MR) is 75.0 cm³/mol. The first-order valence-electron chi connectivity index (χ1n) is 5.76. The van der Waals surface area contributed by atoms with E-state index < -0.39 is 4.92 Å². The molecule has 0 spiro atoms. The third-order valence-corrected chi connectivity index (χ3v) is 2.69. The van der Waals surface area contributed by atoms with Crippen molar-refractivity contribution in [1.29, 1.82) is 0 Å². The van der Waals surface area contributed by atoms with Crippen molar-refractivity contribution in [2.24, 2.45) is 0 Å². The Morgan fingerprint density at radius 3 is 2.47 bits per heavy atom. The number of nitro benzene ring substituents is 1. The summed E-state index contributed by atoms with van der Waals surface area (Å²) in [6.45, 7) is 0. The van der Waals surface area contributed by atoms with Gasteiger partial charge in [0.15, 0.2) is 0 Å². The fourth-order valence-electron chi connectivity index (χ4n) is 1.71. The molecule has 19 heavy (non-hydrogen) atoms. The molecule has 0 atom stereocenters. The van der Waals surface area contributed by atoms with E-state index >= 15 is 0 Å². The first-order chi connectivity index (χ1) is 9.20. The van der Waals surface area contributed by atoms with Crippen LogP contribution in [-0.4, -0.2) is 12.0 Å². The zero-order valence-corrected chi connectivity index (χ0v) is 10.4. The lowest BCUT2D eigenvalue weighted by Crippen LogP contribution is -1.92. The molecule has 2 rings (SSSR count). The van der Waals surface area contributed by atoms with Crippen LogP contribution in [0.3, 0.4) is 0 Å². The van der Waals surface area contributed by atoms with Gasteiger partial charge in [-0.1, -0.05) is 36.4 Å². The van der Waals surface area contributed by atoms with Crippen LogP contribution in [0.2, 0.25) is 0 Å². The van der Waals surface area contributed by atoms with Gasteiger partial charge in [-0.2, -0.15) is 0 Å². The van der Waals surface area contributed by atoms with E-state index in [1.54, 1.807) is 18.2 Å². The summed E-state index contributed by atoms with van der Waals surface area (Å²) >= 11 is 0. The highest BCUT2D eigenvalue weighted by Crippen LogP contribution is 2.25. The van der Waals surface area contributed by atoms with Crippen molar-refractivity contribution in [1.82, 2.24) is 0 Å². The van der Waals surface area contributed by atoms with Gasteiger partial charge in [-0.25, -0.2) is 0 Å². The zero-order chi connectivity index (χ0) is 13.7. The van der Waals surface area contributed by atoms with Crippen molar-refractivity contribution in [3.05, 3.63) is 69.8 Å². The number of hydrogen-bond donors (Lipinski definition) is 0. The standard InChI is InChI=1S/C15H13NO3/c1-19-14-9-10-15(16(17)18)13(11-14)8-7-12-5-3-2-4-6-12/h2-11H,1H3. The van der Waals surface area contributed by atoms with Gasteiger partial charge in [-0.15, -0.1) is 0 Å². The Hall–Kier alpha value is -2.62. The number of hydrogen-bond acceptors (Lipinski definition) is 3. The highest BCUT2D eigenvalue weighted by molar-refractivity contribution is 5.74. The van der Waals surface area contributed by atoms with E-state index in [-0.39, 0.29) is 5.69 Å². The van der Waals surface area contributed by atoms with Crippen LogP contribution in [0.5, 0.6) is 5.75 Å².